The molecular formula is C15H16N4O2. The Morgan fingerprint density at radius 2 is 2.10 bits per heavy atom. The molecule has 2 heterocycles. The molecule has 108 valence electrons. The lowest BCUT2D eigenvalue weighted by molar-refractivity contribution is 0.0924. The molecule has 21 heavy (non-hydrogen) atoms. The molecule has 0 aliphatic carbocycles. The van der Waals surface area contributed by atoms with Crippen molar-refractivity contribution in [3.05, 3.63) is 53.2 Å². The van der Waals surface area contributed by atoms with Gasteiger partial charge in [0.2, 0.25) is 0 Å². The maximum atomic E-state index is 11.4. The Morgan fingerprint density at radius 1 is 1.33 bits per heavy atom. The molecule has 2 aromatic heterocycles. The average molecular weight is 284 g/mol. The number of imidazole rings is 1. The number of nitrogen functional groups attached to an aromatic ring is 1. The molecule has 0 saturated heterocycles. The molecule has 0 aliphatic rings. The van der Waals surface area contributed by atoms with Gasteiger partial charge in [-0.3, -0.25) is 10.2 Å². The van der Waals surface area contributed by atoms with Gasteiger partial charge in [0.25, 0.3) is 0 Å². The van der Waals surface area contributed by atoms with Crippen molar-refractivity contribution in [1.29, 1.82) is 0 Å². The van der Waals surface area contributed by atoms with Gasteiger partial charge in [0.1, 0.15) is 5.76 Å². The number of hydrazine groups is 1. The van der Waals surface area contributed by atoms with Crippen molar-refractivity contribution in [3.8, 4) is 0 Å². The van der Waals surface area contributed by atoms with Crippen LogP contribution in [0.4, 0.5) is 0 Å². The van der Waals surface area contributed by atoms with E-state index in [0.29, 0.717) is 12.3 Å². The maximum absolute atomic E-state index is 11.4. The van der Waals surface area contributed by atoms with Crippen molar-refractivity contribution in [3.63, 3.8) is 0 Å². The van der Waals surface area contributed by atoms with E-state index < -0.39 is 5.91 Å². The number of benzene rings is 1. The van der Waals surface area contributed by atoms with Gasteiger partial charge < -0.3 is 8.98 Å². The minimum Gasteiger partial charge on any atom is -0.454 e. The highest BCUT2D eigenvalue weighted by molar-refractivity contribution is 5.90. The summed E-state index contributed by atoms with van der Waals surface area (Å²) in [6.07, 6.45) is 1.77. The number of aromatic nitrogens is 2. The highest BCUT2D eigenvalue weighted by atomic mass is 16.4. The van der Waals surface area contributed by atoms with E-state index >= 15 is 0 Å². The number of aryl methyl sites for hydroxylation is 2. The highest BCUT2D eigenvalue weighted by Gasteiger charge is 2.11. The SMILES string of the molecule is Cc1cc2ncn(Cc3ccc(C(=O)NN)o3)c2cc1C. The van der Waals surface area contributed by atoms with Gasteiger partial charge in [-0.15, -0.1) is 0 Å². The molecule has 0 spiro atoms. The van der Waals surface area contributed by atoms with E-state index in [-0.39, 0.29) is 5.76 Å². The summed E-state index contributed by atoms with van der Waals surface area (Å²) in [6.45, 7) is 4.65. The molecular weight excluding hydrogens is 268 g/mol. The lowest BCUT2D eigenvalue weighted by Gasteiger charge is -2.04. The Morgan fingerprint density at radius 3 is 2.86 bits per heavy atom. The summed E-state index contributed by atoms with van der Waals surface area (Å²) >= 11 is 0. The normalized spacial score (nSPS) is 11.0. The fourth-order valence-electron chi connectivity index (χ4n) is 2.26. The van der Waals surface area contributed by atoms with Crippen molar-refractivity contribution < 1.29 is 9.21 Å². The number of nitrogens with two attached hydrogens (primary N) is 1. The number of rotatable bonds is 3. The maximum Gasteiger partial charge on any atom is 0.300 e. The molecule has 0 saturated carbocycles. The summed E-state index contributed by atoms with van der Waals surface area (Å²) in [4.78, 5) is 15.8. The zero-order valence-electron chi connectivity index (χ0n) is 11.9. The summed E-state index contributed by atoms with van der Waals surface area (Å²) in [5.41, 5.74) is 6.46. The number of carbonyl (C=O) groups is 1. The van der Waals surface area contributed by atoms with Crippen LogP contribution in [0.5, 0.6) is 0 Å². The molecule has 0 bridgehead atoms. The molecule has 0 radical (unpaired) electrons. The zero-order chi connectivity index (χ0) is 15.0. The van der Waals surface area contributed by atoms with E-state index in [9.17, 15) is 4.79 Å². The van der Waals surface area contributed by atoms with Crippen molar-refractivity contribution in [1.82, 2.24) is 15.0 Å². The van der Waals surface area contributed by atoms with E-state index in [0.717, 1.165) is 11.0 Å². The van der Waals surface area contributed by atoms with E-state index in [4.69, 9.17) is 10.3 Å². The van der Waals surface area contributed by atoms with Gasteiger partial charge in [0.15, 0.2) is 5.76 Å². The van der Waals surface area contributed by atoms with Crippen LogP contribution >= 0.6 is 0 Å². The van der Waals surface area contributed by atoms with Gasteiger partial charge in [0.05, 0.1) is 23.9 Å². The first-order valence-corrected chi connectivity index (χ1v) is 6.60. The Balaban J connectivity index is 1.93. The van der Waals surface area contributed by atoms with Gasteiger partial charge in [-0.05, 0) is 49.2 Å². The molecule has 3 N–H and O–H groups in total. The van der Waals surface area contributed by atoms with Crippen LogP contribution in [0.3, 0.4) is 0 Å². The van der Waals surface area contributed by atoms with Crippen LogP contribution in [0.25, 0.3) is 11.0 Å². The highest BCUT2D eigenvalue weighted by Crippen LogP contribution is 2.20. The number of furan rings is 1. The summed E-state index contributed by atoms with van der Waals surface area (Å²) in [5.74, 6) is 5.51. The van der Waals surface area contributed by atoms with E-state index in [1.807, 2.05) is 9.99 Å². The fraction of sp³-hybridized carbons (Fsp3) is 0.200. The lowest BCUT2D eigenvalue weighted by atomic mass is 10.1. The van der Waals surface area contributed by atoms with E-state index in [1.54, 1.807) is 18.5 Å². The number of carbonyl (C=O) groups excluding carboxylic acids is 1. The van der Waals surface area contributed by atoms with Crippen LogP contribution in [0.2, 0.25) is 0 Å². The number of hydrogen-bond acceptors (Lipinski definition) is 4. The molecule has 3 aromatic rings. The van der Waals surface area contributed by atoms with E-state index in [2.05, 4.69) is 31.0 Å². The van der Waals surface area contributed by atoms with Crippen LogP contribution in [0.15, 0.2) is 35.0 Å². The second kappa shape index (κ2) is 5.06. The van der Waals surface area contributed by atoms with Crippen molar-refractivity contribution >= 4 is 16.9 Å². The standard InChI is InChI=1S/C15H16N4O2/c1-9-5-12-13(6-10(9)2)19(8-17-12)7-11-3-4-14(21-11)15(20)18-16/h3-6,8H,7,16H2,1-2H3,(H,18,20). The topological polar surface area (TPSA) is 86.1 Å². The molecule has 3 rings (SSSR count). The summed E-state index contributed by atoms with van der Waals surface area (Å²) < 4.78 is 7.46. The van der Waals surface area contributed by atoms with Gasteiger partial charge in [-0.1, -0.05) is 0 Å². The van der Waals surface area contributed by atoms with Gasteiger partial charge >= 0.3 is 5.91 Å². The third-order valence-corrected chi connectivity index (χ3v) is 3.58. The first kappa shape index (κ1) is 13.4. The number of nitrogens with zero attached hydrogens (tertiary/aromatic N) is 2. The first-order chi connectivity index (χ1) is 10.1. The van der Waals surface area contributed by atoms with Crippen LogP contribution in [0.1, 0.15) is 27.4 Å². The fourth-order valence-corrected chi connectivity index (χ4v) is 2.26. The third-order valence-electron chi connectivity index (χ3n) is 3.58. The summed E-state index contributed by atoms with van der Waals surface area (Å²) in [5, 5.41) is 0. The van der Waals surface area contributed by atoms with E-state index in [1.165, 1.54) is 11.1 Å². The van der Waals surface area contributed by atoms with Gasteiger partial charge in [-0.2, -0.15) is 0 Å². The van der Waals surface area contributed by atoms with Crippen LogP contribution in [-0.4, -0.2) is 15.5 Å². The van der Waals surface area contributed by atoms with Crippen LogP contribution in [-0.2, 0) is 6.54 Å². The summed E-state index contributed by atoms with van der Waals surface area (Å²) in [6, 6.07) is 7.54. The minimum absolute atomic E-state index is 0.198. The smallest absolute Gasteiger partial charge is 0.300 e. The lowest BCUT2D eigenvalue weighted by Crippen LogP contribution is -2.29. The van der Waals surface area contributed by atoms with Crippen LogP contribution < -0.4 is 11.3 Å². The number of nitrogens with one attached hydrogen (secondary N) is 1. The Hall–Kier alpha value is -2.60. The quantitative estimate of drug-likeness (QED) is 0.437. The molecule has 0 aliphatic heterocycles. The Bertz CT molecular complexity index is 816. The number of amides is 1. The minimum atomic E-state index is -0.441. The molecule has 1 aromatic carbocycles. The predicted molar refractivity (Wildman–Crippen MR) is 78.7 cm³/mol. The molecule has 1 amide bonds. The first-order valence-electron chi connectivity index (χ1n) is 6.60. The Labute approximate surface area is 121 Å². The van der Waals surface area contributed by atoms with Crippen LogP contribution in [0, 0.1) is 13.8 Å². The second-order valence-electron chi connectivity index (χ2n) is 5.04. The zero-order valence-corrected chi connectivity index (χ0v) is 11.9. The molecule has 6 heteroatoms. The van der Waals surface area contributed by atoms with Crippen molar-refractivity contribution in [2.75, 3.05) is 0 Å². The monoisotopic (exact) mass is 284 g/mol. The molecule has 0 unspecified atom stereocenters. The van der Waals surface area contributed by atoms with Crippen molar-refractivity contribution in [2.24, 2.45) is 5.84 Å². The third kappa shape index (κ3) is 2.41. The van der Waals surface area contributed by atoms with Gasteiger partial charge in [-0.25, -0.2) is 10.8 Å². The van der Waals surface area contributed by atoms with Crippen molar-refractivity contribution in [2.45, 2.75) is 20.4 Å². The summed E-state index contributed by atoms with van der Waals surface area (Å²) in [7, 11) is 0. The second-order valence-corrected chi connectivity index (χ2v) is 5.04. The predicted octanol–water partition coefficient (Wildman–Crippen LogP) is 1.90. The Kier molecular flexibility index (Phi) is 3.23. The molecule has 0 atom stereocenters. The number of fused-ring (bicyclic) bond motifs is 1. The average Bonchev–Trinajstić information content (AvgIpc) is 3.08. The molecule has 6 nitrogen and oxygen atoms in total. The van der Waals surface area contributed by atoms with Gasteiger partial charge in [0, 0.05) is 0 Å². The number of hydrogen-bond donors (Lipinski definition) is 2. The molecule has 0 fully saturated rings. The largest absolute Gasteiger partial charge is 0.454 e.